The van der Waals surface area contributed by atoms with Gasteiger partial charge in [-0.15, -0.1) is 6.58 Å². The van der Waals surface area contributed by atoms with Gasteiger partial charge in [0.1, 0.15) is 11.6 Å². The van der Waals surface area contributed by atoms with Crippen molar-refractivity contribution >= 4 is 15.6 Å². The average Bonchev–Trinajstić information content (AvgIpc) is 2.83. The lowest BCUT2D eigenvalue weighted by Crippen LogP contribution is -2.45. The zero-order chi connectivity index (χ0) is 23.4. The van der Waals surface area contributed by atoms with Crippen LogP contribution in [0.1, 0.15) is 30.4 Å². The first-order valence-corrected chi connectivity index (χ1v) is 12.3. The lowest BCUT2D eigenvalue weighted by atomic mass is 9.84. The fraction of sp³-hybridized carbons (Fsp3) is 0.185. The summed E-state index contributed by atoms with van der Waals surface area (Å²) in [4.78, 5) is 0.241. The number of sulfonamides is 1. The molecule has 1 saturated heterocycles. The average molecular weight is 466 g/mol. The fourth-order valence-corrected chi connectivity index (χ4v) is 6.11. The summed E-state index contributed by atoms with van der Waals surface area (Å²) in [7, 11) is -3.75. The summed E-state index contributed by atoms with van der Waals surface area (Å²) in [6, 6.07) is 20.2. The molecular weight excluding hydrogens is 440 g/mol. The van der Waals surface area contributed by atoms with Crippen molar-refractivity contribution in [1.29, 1.82) is 0 Å². The molecule has 0 spiro atoms. The van der Waals surface area contributed by atoms with Gasteiger partial charge in [-0.05, 0) is 77.9 Å². The van der Waals surface area contributed by atoms with Crippen molar-refractivity contribution in [2.75, 3.05) is 6.54 Å². The number of hydrogen-bond donors (Lipinski definition) is 0. The molecular formula is C27H25F2NO2S. The van der Waals surface area contributed by atoms with E-state index in [1.165, 1.54) is 28.6 Å². The zero-order valence-electron chi connectivity index (χ0n) is 18.1. The molecule has 1 aliphatic heterocycles. The Morgan fingerprint density at radius 1 is 0.909 bits per heavy atom. The number of benzene rings is 3. The minimum Gasteiger partial charge on any atom is -0.207 e. The molecule has 1 fully saturated rings. The highest BCUT2D eigenvalue weighted by atomic mass is 32.2. The molecule has 3 aromatic rings. The molecule has 0 aliphatic carbocycles. The van der Waals surface area contributed by atoms with E-state index < -0.39 is 16.1 Å². The number of piperidine rings is 1. The van der Waals surface area contributed by atoms with Gasteiger partial charge in [0.25, 0.3) is 0 Å². The van der Waals surface area contributed by atoms with Crippen molar-refractivity contribution in [2.45, 2.75) is 30.2 Å². The Labute approximate surface area is 193 Å². The van der Waals surface area contributed by atoms with E-state index in [4.69, 9.17) is 0 Å². The van der Waals surface area contributed by atoms with Crippen LogP contribution in [-0.2, 0) is 10.0 Å². The van der Waals surface area contributed by atoms with E-state index in [1.54, 1.807) is 60.7 Å². The van der Waals surface area contributed by atoms with Crippen LogP contribution in [-0.4, -0.2) is 25.3 Å². The van der Waals surface area contributed by atoms with Crippen LogP contribution in [0.2, 0.25) is 0 Å². The van der Waals surface area contributed by atoms with E-state index in [9.17, 15) is 17.2 Å². The molecule has 4 rings (SSSR count). The minimum atomic E-state index is -3.75. The van der Waals surface area contributed by atoms with Crippen molar-refractivity contribution in [2.24, 2.45) is 0 Å². The van der Waals surface area contributed by atoms with E-state index in [1.807, 2.05) is 0 Å². The fourth-order valence-electron chi connectivity index (χ4n) is 4.42. The van der Waals surface area contributed by atoms with Gasteiger partial charge in [0, 0.05) is 6.54 Å². The summed E-state index contributed by atoms with van der Waals surface area (Å²) in [6.07, 6.45) is 3.45. The van der Waals surface area contributed by atoms with Crippen LogP contribution in [0.5, 0.6) is 0 Å². The first-order valence-electron chi connectivity index (χ1n) is 10.8. The lowest BCUT2D eigenvalue weighted by Gasteiger charge is -2.38. The van der Waals surface area contributed by atoms with Gasteiger partial charge in [0.05, 0.1) is 10.9 Å². The van der Waals surface area contributed by atoms with E-state index in [0.717, 1.165) is 22.3 Å². The Bertz CT molecular complexity index is 1200. The van der Waals surface area contributed by atoms with Gasteiger partial charge in [-0.2, -0.15) is 4.31 Å². The summed E-state index contributed by atoms with van der Waals surface area (Å²) in [5, 5.41) is 0. The van der Waals surface area contributed by atoms with Gasteiger partial charge in [-0.1, -0.05) is 48.5 Å². The first-order chi connectivity index (χ1) is 15.9. The highest BCUT2D eigenvalue weighted by molar-refractivity contribution is 7.89. The Morgan fingerprint density at radius 3 is 1.97 bits per heavy atom. The van der Waals surface area contributed by atoms with Gasteiger partial charge >= 0.3 is 0 Å². The second-order valence-electron chi connectivity index (χ2n) is 7.99. The summed E-state index contributed by atoms with van der Waals surface area (Å²) in [6.45, 7) is 4.25. The summed E-state index contributed by atoms with van der Waals surface area (Å²) < 4.78 is 56.1. The minimum absolute atomic E-state index is 0.241. The zero-order valence-corrected chi connectivity index (χ0v) is 18.9. The van der Waals surface area contributed by atoms with Crippen molar-refractivity contribution in [3.8, 4) is 0 Å². The summed E-state index contributed by atoms with van der Waals surface area (Å²) in [5.41, 5.74) is 3.23. The topological polar surface area (TPSA) is 37.4 Å². The third-order valence-electron chi connectivity index (χ3n) is 5.90. The Kier molecular flexibility index (Phi) is 6.86. The van der Waals surface area contributed by atoms with Gasteiger partial charge in [-0.3, -0.25) is 0 Å². The van der Waals surface area contributed by atoms with Crippen molar-refractivity contribution in [3.63, 3.8) is 0 Å². The number of halogens is 2. The third kappa shape index (κ3) is 4.82. The van der Waals surface area contributed by atoms with Gasteiger partial charge in [0.15, 0.2) is 0 Å². The van der Waals surface area contributed by atoms with Crippen molar-refractivity contribution < 1.29 is 17.2 Å². The van der Waals surface area contributed by atoms with Crippen LogP contribution >= 0.6 is 0 Å². The second-order valence-corrected chi connectivity index (χ2v) is 9.88. The molecule has 0 radical (unpaired) electrons. The molecule has 1 atom stereocenters. The SMILES string of the molecule is C=CCC1C(=C(c2ccc(F)cc2)c2ccc(F)cc2)CCCN1S(=O)(=O)c1ccccc1. The highest BCUT2D eigenvalue weighted by Gasteiger charge is 2.37. The summed E-state index contributed by atoms with van der Waals surface area (Å²) >= 11 is 0. The Hall–Kier alpha value is -3.09. The molecule has 1 heterocycles. The van der Waals surface area contributed by atoms with Crippen LogP contribution in [0.4, 0.5) is 8.78 Å². The lowest BCUT2D eigenvalue weighted by molar-refractivity contribution is 0.311. The van der Waals surface area contributed by atoms with Crippen LogP contribution < -0.4 is 0 Å². The number of hydrogen-bond acceptors (Lipinski definition) is 2. The Morgan fingerprint density at radius 2 is 1.45 bits per heavy atom. The van der Waals surface area contributed by atoms with Gasteiger partial charge in [0.2, 0.25) is 10.0 Å². The molecule has 0 bridgehead atoms. The van der Waals surface area contributed by atoms with Crippen LogP contribution in [0, 0.1) is 11.6 Å². The maximum absolute atomic E-state index is 13.7. The van der Waals surface area contributed by atoms with E-state index >= 15 is 0 Å². The number of nitrogens with zero attached hydrogens (tertiary/aromatic N) is 1. The van der Waals surface area contributed by atoms with E-state index in [0.29, 0.717) is 25.8 Å². The molecule has 3 aromatic carbocycles. The van der Waals surface area contributed by atoms with E-state index in [-0.39, 0.29) is 16.5 Å². The maximum atomic E-state index is 13.7. The van der Waals surface area contributed by atoms with Crippen LogP contribution in [0.3, 0.4) is 0 Å². The van der Waals surface area contributed by atoms with E-state index in [2.05, 4.69) is 6.58 Å². The maximum Gasteiger partial charge on any atom is 0.243 e. The highest BCUT2D eigenvalue weighted by Crippen LogP contribution is 2.38. The molecule has 0 amide bonds. The van der Waals surface area contributed by atoms with Gasteiger partial charge < -0.3 is 0 Å². The van der Waals surface area contributed by atoms with Crippen LogP contribution in [0.25, 0.3) is 5.57 Å². The standard InChI is InChI=1S/C27H25F2NO2S/c1-2-7-26-25(10-6-19-30(26)33(31,32)24-8-4-3-5-9-24)27(20-11-15-22(28)16-12-20)21-13-17-23(29)18-14-21/h2-5,8-9,11-18,26H,1,6-7,10,19H2. The molecule has 3 nitrogen and oxygen atoms in total. The quantitative estimate of drug-likeness (QED) is 0.407. The third-order valence-corrected chi connectivity index (χ3v) is 7.82. The predicted octanol–water partition coefficient (Wildman–Crippen LogP) is 6.20. The second kappa shape index (κ2) is 9.81. The molecule has 0 N–H and O–H groups in total. The van der Waals surface area contributed by atoms with Gasteiger partial charge in [-0.25, -0.2) is 17.2 Å². The Balaban J connectivity index is 1.91. The molecule has 1 unspecified atom stereocenters. The van der Waals surface area contributed by atoms with Crippen molar-refractivity contribution in [1.82, 2.24) is 4.31 Å². The predicted molar refractivity (Wildman–Crippen MR) is 127 cm³/mol. The largest absolute Gasteiger partial charge is 0.243 e. The van der Waals surface area contributed by atoms with Crippen LogP contribution in [0.15, 0.2) is 102 Å². The normalized spacial score (nSPS) is 17.0. The molecule has 6 heteroatoms. The first kappa shape index (κ1) is 23.1. The molecule has 170 valence electrons. The molecule has 0 saturated carbocycles. The van der Waals surface area contributed by atoms with Crippen molar-refractivity contribution in [3.05, 3.63) is 120 Å². The smallest absolute Gasteiger partial charge is 0.207 e. The molecule has 33 heavy (non-hydrogen) atoms. The monoisotopic (exact) mass is 465 g/mol. The summed E-state index contributed by atoms with van der Waals surface area (Å²) in [5.74, 6) is -0.719. The molecule has 0 aromatic heterocycles. The molecule has 1 aliphatic rings. The number of rotatable bonds is 6.